The molecule has 0 spiro atoms. The second kappa shape index (κ2) is 11.5. The van der Waals surface area contributed by atoms with E-state index in [9.17, 15) is 4.79 Å². The third-order valence-corrected chi connectivity index (χ3v) is 3.02. The van der Waals surface area contributed by atoms with Crippen molar-refractivity contribution in [3.8, 4) is 0 Å². The van der Waals surface area contributed by atoms with E-state index in [1.54, 1.807) is 0 Å². The number of unbranched alkanes of at least 4 members (excludes halogenated alkanes) is 3. The minimum Gasteiger partial charge on any atom is -0.396 e. The number of carbonyl (C=O) groups is 1. The van der Waals surface area contributed by atoms with Crippen molar-refractivity contribution < 1.29 is 9.90 Å². The molecular weight excluding hydrogens is 228 g/mol. The molecule has 4 nitrogen and oxygen atoms in total. The molecule has 0 aromatic carbocycles. The van der Waals surface area contributed by atoms with Crippen LogP contribution >= 0.6 is 0 Å². The summed E-state index contributed by atoms with van der Waals surface area (Å²) >= 11 is 0. The minimum atomic E-state index is 0.119. The van der Waals surface area contributed by atoms with Crippen LogP contribution in [0.1, 0.15) is 52.4 Å². The van der Waals surface area contributed by atoms with E-state index >= 15 is 0 Å². The molecule has 0 rings (SSSR count). The summed E-state index contributed by atoms with van der Waals surface area (Å²) in [4.78, 5) is 11.7. The van der Waals surface area contributed by atoms with Gasteiger partial charge in [-0.25, -0.2) is 0 Å². The molecule has 18 heavy (non-hydrogen) atoms. The zero-order chi connectivity index (χ0) is 13.8. The minimum absolute atomic E-state index is 0.119. The fraction of sp³-hybridized carbons (Fsp3) is 0.929. The van der Waals surface area contributed by atoms with Crippen LogP contribution in [0.15, 0.2) is 0 Å². The average Bonchev–Trinajstić information content (AvgIpc) is 2.32. The summed E-state index contributed by atoms with van der Waals surface area (Å²) in [6.07, 6.45) is 5.50. The predicted molar refractivity (Wildman–Crippen MR) is 75.2 cm³/mol. The number of rotatable bonds is 11. The number of nitrogens with one attached hydrogen (secondary N) is 1. The van der Waals surface area contributed by atoms with E-state index in [4.69, 9.17) is 10.8 Å². The summed E-state index contributed by atoms with van der Waals surface area (Å²) in [6.45, 7) is 5.90. The maximum atomic E-state index is 11.7. The van der Waals surface area contributed by atoms with Crippen LogP contribution in [0.25, 0.3) is 0 Å². The Balaban J connectivity index is 3.56. The molecule has 0 saturated carbocycles. The maximum absolute atomic E-state index is 11.7. The highest BCUT2D eigenvalue weighted by Crippen LogP contribution is 2.13. The van der Waals surface area contributed by atoms with Gasteiger partial charge in [-0.05, 0) is 37.6 Å². The number of aliphatic hydroxyl groups is 1. The summed E-state index contributed by atoms with van der Waals surface area (Å²) < 4.78 is 0. The number of carbonyl (C=O) groups excluding carboxylic acids is 1. The van der Waals surface area contributed by atoms with Gasteiger partial charge in [-0.15, -0.1) is 0 Å². The molecule has 0 radical (unpaired) electrons. The molecule has 0 aromatic rings. The molecular formula is C14H30N2O2. The molecule has 108 valence electrons. The molecule has 4 heteroatoms. The molecule has 0 fully saturated rings. The number of amides is 1. The Morgan fingerprint density at radius 3 is 2.44 bits per heavy atom. The van der Waals surface area contributed by atoms with Gasteiger partial charge in [0.25, 0.3) is 0 Å². The van der Waals surface area contributed by atoms with E-state index in [-0.39, 0.29) is 12.5 Å². The Hall–Kier alpha value is -0.610. The summed E-state index contributed by atoms with van der Waals surface area (Å²) in [7, 11) is 0. The Morgan fingerprint density at radius 2 is 1.89 bits per heavy atom. The molecule has 0 bridgehead atoms. The number of hydrogen-bond donors (Lipinski definition) is 3. The Kier molecular flexibility index (Phi) is 11.1. The molecule has 4 N–H and O–H groups in total. The van der Waals surface area contributed by atoms with Crippen molar-refractivity contribution in [1.82, 2.24) is 5.32 Å². The second-order valence-corrected chi connectivity index (χ2v) is 5.42. The van der Waals surface area contributed by atoms with Crippen LogP contribution in [0.2, 0.25) is 0 Å². The van der Waals surface area contributed by atoms with Gasteiger partial charge in [-0.2, -0.15) is 0 Å². The lowest BCUT2D eigenvalue weighted by Crippen LogP contribution is -2.29. The monoisotopic (exact) mass is 258 g/mol. The summed E-state index contributed by atoms with van der Waals surface area (Å²) in [5.41, 5.74) is 5.68. The van der Waals surface area contributed by atoms with E-state index in [0.29, 0.717) is 24.8 Å². The van der Waals surface area contributed by atoms with Crippen LogP contribution in [-0.4, -0.2) is 30.7 Å². The van der Waals surface area contributed by atoms with Gasteiger partial charge in [-0.3, -0.25) is 4.79 Å². The first kappa shape index (κ1) is 17.4. The lowest BCUT2D eigenvalue weighted by molar-refractivity contribution is -0.122. The first-order valence-electron chi connectivity index (χ1n) is 7.17. The lowest BCUT2D eigenvalue weighted by atomic mass is 9.94. The SMILES string of the molecule is CC(C)C[C@H](CN)CC(=O)NCCCCCCO. The van der Waals surface area contributed by atoms with E-state index in [0.717, 1.165) is 38.6 Å². The van der Waals surface area contributed by atoms with Crippen LogP contribution in [0, 0.1) is 11.8 Å². The smallest absolute Gasteiger partial charge is 0.220 e. The topological polar surface area (TPSA) is 75.4 Å². The average molecular weight is 258 g/mol. The number of aliphatic hydroxyl groups excluding tert-OH is 1. The first-order chi connectivity index (χ1) is 8.60. The molecule has 0 aromatic heterocycles. The standard InChI is InChI=1S/C14H30N2O2/c1-12(2)9-13(11-15)10-14(18)16-7-5-3-4-6-8-17/h12-13,17H,3-11,15H2,1-2H3,(H,16,18)/t13-/m0/s1. The zero-order valence-corrected chi connectivity index (χ0v) is 12.0. The van der Waals surface area contributed by atoms with E-state index < -0.39 is 0 Å². The number of nitrogens with two attached hydrogens (primary N) is 1. The quantitative estimate of drug-likeness (QED) is 0.493. The van der Waals surface area contributed by atoms with Crippen LogP contribution in [0.4, 0.5) is 0 Å². The van der Waals surface area contributed by atoms with Crippen molar-refractivity contribution >= 4 is 5.91 Å². The van der Waals surface area contributed by atoms with Crippen molar-refractivity contribution in [1.29, 1.82) is 0 Å². The summed E-state index contributed by atoms with van der Waals surface area (Å²) in [5.74, 6) is 1.01. The second-order valence-electron chi connectivity index (χ2n) is 5.42. The molecule has 0 saturated heterocycles. The molecule has 0 aliphatic rings. The normalized spacial score (nSPS) is 12.7. The Bertz CT molecular complexity index is 208. The van der Waals surface area contributed by atoms with Crippen LogP contribution in [0.5, 0.6) is 0 Å². The van der Waals surface area contributed by atoms with E-state index in [2.05, 4.69) is 19.2 Å². The van der Waals surface area contributed by atoms with Crippen molar-refractivity contribution in [3.05, 3.63) is 0 Å². The molecule has 0 aliphatic heterocycles. The maximum Gasteiger partial charge on any atom is 0.220 e. The van der Waals surface area contributed by atoms with Gasteiger partial charge in [0.2, 0.25) is 5.91 Å². The Morgan fingerprint density at radius 1 is 1.22 bits per heavy atom. The molecule has 1 amide bonds. The van der Waals surface area contributed by atoms with Gasteiger partial charge in [-0.1, -0.05) is 26.7 Å². The first-order valence-corrected chi connectivity index (χ1v) is 7.17. The van der Waals surface area contributed by atoms with E-state index in [1.807, 2.05) is 0 Å². The summed E-state index contributed by atoms with van der Waals surface area (Å²) in [6, 6.07) is 0. The van der Waals surface area contributed by atoms with Crippen molar-refractivity contribution in [2.45, 2.75) is 52.4 Å². The Labute approximate surface area is 111 Å². The van der Waals surface area contributed by atoms with Gasteiger partial charge in [0.05, 0.1) is 0 Å². The largest absolute Gasteiger partial charge is 0.396 e. The highest BCUT2D eigenvalue weighted by Gasteiger charge is 2.13. The third kappa shape index (κ3) is 10.5. The molecule has 0 unspecified atom stereocenters. The molecule has 0 heterocycles. The van der Waals surface area contributed by atoms with Gasteiger partial charge in [0.15, 0.2) is 0 Å². The fourth-order valence-electron chi connectivity index (χ4n) is 2.08. The van der Waals surface area contributed by atoms with Crippen molar-refractivity contribution in [2.75, 3.05) is 19.7 Å². The predicted octanol–water partition coefficient (Wildman–Crippen LogP) is 1.67. The van der Waals surface area contributed by atoms with E-state index in [1.165, 1.54) is 0 Å². The lowest BCUT2D eigenvalue weighted by Gasteiger charge is -2.16. The van der Waals surface area contributed by atoms with Gasteiger partial charge in [0.1, 0.15) is 0 Å². The zero-order valence-electron chi connectivity index (χ0n) is 12.0. The van der Waals surface area contributed by atoms with Gasteiger partial charge in [0, 0.05) is 19.6 Å². The fourth-order valence-corrected chi connectivity index (χ4v) is 2.08. The van der Waals surface area contributed by atoms with Crippen molar-refractivity contribution in [3.63, 3.8) is 0 Å². The van der Waals surface area contributed by atoms with Gasteiger partial charge < -0.3 is 16.2 Å². The highest BCUT2D eigenvalue weighted by molar-refractivity contribution is 5.76. The van der Waals surface area contributed by atoms with Crippen LogP contribution in [-0.2, 0) is 4.79 Å². The summed E-state index contributed by atoms with van der Waals surface area (Å²) in [5, 5.41) is 11.6. The van der Waals surface area contributed by atoms with Crippen LogP contribution < -0.4 is 11.1 Å². The third-order valence-electron chi connectivity index (χ3n) is 3.02. The van der Waals surface area contributed by atoms with Crippen molar-refractivity contribution in [2.24, 2.45) is 17.6 Å². The molecule has 0 aliphatic carbocycles. The van der Waals surface area contributed by atoms with Crippen LogP contribution in [0.3, 0.4) is 0 Å². The highest BCUT2D eigenvalue weighted by atomic mass is 16.2. The number of hydrogen-bond acceptors (Lipinski definition) is 3. The molecule has 1 atom stereocenters. The van der Waals surface area contributed by atoms with Gasteiger partial charge >= 0.3 is 0 Å².